The highest BCUT2D eigenvalue weighted by molar-refractivity contribution is 5.82. The van der Waals surface area contributed by atoms with Crippen LogP contribution in [0.5, 0.6) is 0 Å². The van der Waals surface area contributed by atoms with Crippen LogP contribution in [0.4, 0.5) is 17.6 Å². The molecule has 5 nitrogen and oxygen atoms in total. The van der Waals surface area contributed by atoms with Crippen LogP contribution in [-0.4, -0.2) is 53.7 Å². The number of carboxylic acid groups (broad SMARTS) is 1. The normalized spacial score (nSPS) is 21.0. The topological polar surface area (TPSA) is 69.6 Å². The Kier molecular flexibility index (Phi) is 7.18. The number of nitrogens with one attached hydrogen (secondary N) is 1. The van der Waals surface area contributed by atoms with E-state index in [1.165, 1.54) is 24.3 Å². The second kappa shape index (κ2) is 9.16. The molecular formula is C18H22F4N2O3. The molecule has 9 heteroatoms. The largest absolute Gasteiger partial charge is 0.481 e. The lowest BCUT2D eigenvalue weighted by atomic mass is 9.85. The molecule has 1 aliphatic heterocycles. The van der Waals surface area contributed by atoms with Crippen LogP contribution in [0.2, 0.25) is 0 Å². The summed E-state index contributed by atoms with van der Waals surface area (Å²) in [7, 11) is 0. The monoisotopic (exact) mass is 390 g/mol. The molecule has 2 rings (SSSR count). The average molecular weight is 390 g/mol. The maximum absolute atomic E-state index is 13.1. The minimum absolute atomic E-state index is 0.0419. The van der Waals surface area contributed by atoms with Gasteiger partial charge in [0.1, 0.15) is 5.82 Å². The van der Waals surface area contributed by atoms with Crippen LogP contribution in [0, 0.1) is 5.82 Å². The quantitative estimate of drug-likeness (QED) is 0.555. The minimum Gasteiger partial charge on any atom is -0.481 e. The molecule has 150 valence electrons. The van der Waals surface area contributed by atoms with Crippen LogP contribution < -0.4 is 5.32 Å². The number of carboxylic acids is 1. The first-order chi connectivity index (χ1) is 12.7. The second-order valence-corrected chi connectivity index (χ2v) is 6.68. The Hall–Kier alpha value is -2.16. The smallest absolute Gasteiger partial charge is 0.471 e. The van der Waals surface area contributed by atoms with E-state index in [1.54, 1.807) is 0 Å². The van der Waals surface area contributed by atoms with Gasteiger partial charge in [-0.2, -0.15) is 13.2 Å². The molecule has 0 bridgehead atoms. The molecule has 0 aromatic heterocycles. The van der Waals surface area contributed by atoms with E-state index in [2.05, 4.69) is 5.32 Å². The third kappa shape index (κ3) is 6.50. The minimum atomic E-state index is -4.98. The van der Waals surface area contributed by atoms with E-state index in [4.69, 9.17) is 5.11 Å². The van der Waals surface area contributed by atoms with Gasteiger partial charge in [-0.3, -0.25) is 9.59 Å². The molecule has 2 unspecified atom stereocenters. The van der Waals surface area contributed by atoms with Crippen molar-refractivity contribution in [1.82, 2.24) is 10.2 Å². The van der Waals surface area contributed by atoms with E-state index >= 15 is 0 Å². The molecule has 2 N–H and O–H groups in total. The Morgan fingerprint density at radius 3 is 2.44 bits per heavy atom. The molecule has 0 aliphatic carbocycles. The van der Waals surface area contributed by atoms with Gasteiger partial charge in [-0.25, -0.2) is 4.39 Å². The summed E-state index contributed by atoms with van der Waals surface area (Å²) in [5.74, 6) is -3.68. The molecule has 1 fully saturated rings. The maximum atomic E-state index is 13.1. The average Bonchev–Trinajstić information content (AvgIpc) is 2.59. The van der Waals surface area contributed by atoms with Crippen molar-refractivity contribution in [3.8, 4) is 0 Å². The predicted molar refractivity (Wildman–Crippen MR) is 89.7 cm³/mol. The van der Waals surface area contributed by atoms with Crippen LogP contribution in [0.25, 0.3) is 0 Å². The summed E-state index contributed by atoms with van der Waals surface area (Å²) in [5.41, 5.74) is 0.675. The zero-order valence-electron chi connectivity index (χ0n) is 14.6. The number of nitrogens with zero attached hydrogens (tertiary/aromatic N) is 1. The summed E-state index contributed by atoms with van der Waals surface area (Å²) in [6.07, 6.45) is -3.34. The van der Waals surface area contributed by atoms with Gasteiger partial charge in [-0.05, 0) is 50.0 Å². The van der Waals surface area contributed by atoms with Crippen LogP contribution >= 0.6 is 0 Å². The number of aliphatic carboxylic acids is 1. The third-order valence-corrected chi connectivity index (χ3v) is 4.68. The van der Waals surface area contributed by atoms with Gasteiger partial charge in [-0.15, -0.1) is 0 Å². The number of rotatable bonds is 7. The van der Waals surface area contributed by atoms with Crippen LogP contribution in [0.3, 0.4) is 0 Å². The number of carbonyl (C=O) groups excluding carboxylic acids is 1. The third-order valence-electron chi connectivity index (χ3n) is 4.68. The molecule has 1 saturated heterocycles. The highest BCUT2D eigenvalue weighted by atomic mass is 19.4. The highest BCUT2D eigenvalue weighted by Crippen LogP contribution is 2.30. The first-order valence-electron chi connectivity index (χ1n) is 8.74. The molecule has 1 aromatic rings. The van der Waals surface area contributed by atoms with Crippen molar-refractivity contribution in [3.05, 3.63) is 35.6 Å². The summed E-state index contributed by atoms with van der Waals surface area (Å²) < 4.78 is 51.2. The first-order valence-corrected chi connectivity index (χ1v) is 8.74. The number of piperidine rings is 1. The van der Waals surface area contributed by atoms with Gasteiger partial charge in [0.2, 0.25) is 0 Å². The number of alkyl halides is 3. The lowest BCUT2D eigenvalue weighted by molar-refractivity contribution is -0.174. The Bertz CT molecular complexity index is 649. The summed E-state index contributed by atoms with van der Waals surface area (Å²) in [4.78, 5) is 23.9. The van der Waals surface area contributed by atoms with Crippen molar-refractivity contribution in [1.29, 1.82) is 0 Å². The number of unbranched alkanes of at least 4 members (excludes halogenated alkanes) is 1. The SMILES string of the molecule is O=C(O)CCCCN1CCC(c2ccc(F)cc2)C(NC(=O)C(F)(F)F)C1. The van der Waals surface area contributed by atoms with Gasteiger partial charge in [0, 0.05) is 24.9 Å². The van der Waals surface area contributed by atoms with Crippen LogP contribution in [0.1, 0.15) is 37.2 Å². The zero-order chi connectivity index (χ0) is 20.0. The maximum Gasteiger partial charge on any atom is 0.471 e. The molecule has 27 heavy (non-hydrogen) atoms. The summed E-state index contributed by atoms with van der Waals surface area (Å²) in [6.45, 7) is 1.37. The van der Waals surface area contributed by atoms with Crippen molar-refractivity contribution in [2.24, 2.45) is 0 Å². The van der Waals surface area contributed by atoms with E-state index in [0.717, 1.165) is 0 Å². The lowest BCUT2D eigenvalue weighted by Crippen LogP contribution is -2.54. The fraction of sp³-hybridized carbons (Fsp3) is 0.556. The molecule has 1 aliphatic rings. The van der Waals surface area contributed by atoms with Crippen molar-refractivity contribution >= 4 is 11.9 Å². The number of carbonyl (C=O) groups is 2. The molecule has 2 atom stereocenters. The highest BCUT2D eigenvalue weighted by Gasteiger charge is 2.42. The van der Waals surface area contributed by atoms with Gasteiger partial charge in [0.15, 0.2) is 0 Å². The van der Waals surface area contributed by atoms with Gasteiger partial charge >= 0.3 is 18.1 Å². The molecule has 0 radical (unpaired) electrons. The molecule has 1 amide bonds. The first kappa shape index (κ1) is 21.1. The number of hydrogen-bond acceptors (Lipinski definition) is 3. The predicted octanol–water partition coefficient (Wildman–Crippen LogP) is 2.92. The number of amides is 1. The summed E-state index contributed by atoms with van der Waals surface area (Å²) >= 11 is 0. The van der Waals surface area contributed by atoms with Crippen molar-refractivity contribution < 1.29 is 32.3 Å². The molecule has 0 saturated carbocycles. The van der Waals surface area contributed by atoms with Crippen molar-refractivity contribution in [3.63, 3.8) is 0 Å². The summed E-state index contributed by atoms with van der Waals surface area (Å²) in [6, 6.07) is 4.77. The Balaban J connectivity index is 2.04. The zero-order valence-corrected chi connectivity index (χ0v) is 14.6. The van der Waals surface area contributed by atoms with Crippen molar-refractivity contribution in [2.45, 2.75) is 43.8 Å². The molecule has 1 aromatic carbocycles. The van der Waals surface area contributed by atoms with Crippen molar-refractivity contribution in [2.75, 3.05) is 19.6 Å². The Morgan fingerprint density at radius 1 is 1.19 bits per heavy atom. The number of hydrogen-bond donors (Lipinski definition) is 2. The lowest BCUT2D eigenvalue weighted by Gasteiger charge is -2.39. The fourth-order valence-electron chi connectivity index (χ4n) is 3.34. The van der Waals surface area contributed by atoms with Gasteiger partial charge < -0.3 is 15.3 Å². The Labute approximate surface area is 154 Å². The standard InChI is InChI=1S/C18H22F4N2O3/c19-13-6-4-12(5-7-13)14-8-10-24(9-2-1-3-16(25)26)11-15(14)23-17(27)18(20,21)22/h4-7,14-15H,1-3,8-11H2,(H,23,27)(H,25,26). The molecular weight excluding hydrogens is 368 g/mol. The van der Waals surface area contributed by atoms with E-state index < -0.39 is 29.9 Å². The van der Waals surface area contributed by atoms with Gasteiger partial charge in [0.25, 0.3) is 0 Å². The fourth-order valence-corrected chi connectivity index (χ4v) is 3.34. The van der Waals surface area contributed by atoms with Gasteiger partial charge in [-0.1, -0.05) is 12.1 Å². The van der Waals surface area contributed by atoms with Gasteiger partial charge in [0.05, 0.1) is 0 Å². The number of halogens is 4. The van der Waals surface area contributed by atoms with E-state index in [-0.39, 0.29) is 18.9 Å². The van der Waals surface area contributed by atoms with Crippen LogP contribution in [0.15, 0.2) is 24.3 Å². The number of likely N-dealkylation sites (tertiary alicyclic amines) is 1. The number of benzene rings is 1. The van der Waals surface area contributed by atoms with E-state index in [9.17, 15) is 27.2 Å². The Morgan fingerprint density at radius 2 is 1.85 bits per heavy atom. The molecule has 0 spiro atoms. The van der Waals surface area contributed by atoms with E-state index in [0.29, 0.717) is 37.9 Å². The second-order valence-electron chi connectivity index (χ2n) is 6.68. The summed E-state index contributed by atoms with van der Waals surface area (Å²) in [5, 5.41) is 10.7. The van der Waals surface area contributed by atoms with Crippen LogP contribution in [-0.2, 0) is 9.59 Å². The van der Waals surface area contributed by atoms with E-state index in [1.807, 2.05) is 4.90 Å². The molecule has 1 heterocycles.